The molecular weight excluding hydrogens is 222 g/mol. The maximum absolute atomic E-state index is 4.39. The van der Waals surface area contributed by atoms with Gasteiger partial charge >= 0.3 is 0 Å². The predicted molar refractivity (Wildman–Crippen MR) is 76.6 cm³/mol. The molecule has 0 aromatic carbocycles. The Bertz CT molecular complexity index is 373. The normalized spacial score (nSPS) is 25.1. The van der Waals surface area contributed by atoms with E-state index in [4.69, 9.17) is 0 Å². The van der Waals surface area contributed by atoms with E-state index in [1.165, 1.54) is 32.1 Å². The summed E-state index contributed by atoms with van der Waals surface area (Å²) in [6, 6.07) is 2.67. The fraction of sp³-hybridized carbons (Fsp3) is 0.800. The van der Waals surface area contributed by atoms with Crippen molar-refractivity contribution in [2.75, 3.05) is 5.32 Å². The number of nitrogens with zero attached hydrogens (tertiary/aromatic N) is 2. The topological polar surface area (TPSA) is 29.9 Å². The standard InChI is InChI=1S/C15H27N3/c1-5-15(2,3)12-6-8-13(9-7-12)16-14-10-11-18(4)17-14/h10-13H,5-9H2,1-4H3,(H,16,17). The Morgan fingerprint density at radius 3 is 2.50 bits per heavy atom. The third-order valence-electron chi connectivity index (χ3n) is 4.81. The predicted octanol–water partition coefficient (Wildman–Crippen LogP) is 3.83. The first-order valence-corrected chi connectivity index (χ1v) is 7.27. The fourth-order valence-corrected chi connectivity index (χ4v) is 3.01. The Kier molecular flexibility index (Phi) is 3.98. The number of anilines is 1. The van der Waals surface area contributed by atoms with Crippen molar-refractivity contribution in [3.63, 3.8) is 0 Å². The number of aromatic nitrogens is 2. The summed E-state index contributed by atoms with van der Waals surface area (Å²) >= 11 is 0. The van der Waals surface area contributed by atoms with Crippen molar-refractivity contribution < 1.29 is 0 Å². The first-order valence-electron chi connectivity index (χ1n) is 7.27. The lowest BCUT2D eigenvalue weighted by Gasteiger charge is -2.39. The first-order chi connectivity index (χ1) is 8.51. The molecule has 0 spiro atoms. The van der Waals surface area contributed by atoms with E-state index in [0.717, 1.165) is 11.7 Å². The molecule has 0 unspecified atom stereocenters. The number of nitrogens with one attached hydrogen (secondary N) is 1. The second kappa shape index (κ2) is 5.33. The third kappa shape index (κ3) is 3.06. The number of hydrogen-bond donors (Lipinski definition) is 1. The van der Waals surface area contributed by atoms with Crippen LogP contribution in [-0.2, 0) is 7.05 Å². The highest BCUT2D eigenvalue weighted by Crippen LogP contribution is 2.40. The molecule has 0 atom stereocenters. The van der Waals surface area contributed by atoms with Crippen molar-refractivity contribution in [3.05, 3.63) is 12.3 Å². The van der Waals surface area contributed by atoms with Gasteiger partial charge in [-0.1, -0.05) is 27.2 Å². The maximum atomic E-state index is 4.39. The van der Waals surface area contributed by atoms with Gasteiger partial charge in [0.2, 0.25) is 0 Å². The molecule has 2 rings (SSSR count). The summed E-state index contributed by atoms with van der Waals surface area (Å²) in [6.45, 7) is 7.16. The van der Waals surface area contributed by atoms with Gasteiger partial charge < -0.3 is 5.32 Å². The summed E-state index contributed by atoms with van der Waals surface area (Å²) in [4.78, 5) is 0. The second-order valence-corrected chi connectivity index (χ2v) is 6.41. The zero-order valence-corrected chi connectivity index (χ0v) is 12.2. The molecule has 1 heterocycles. The van der Waals surface area contributed by atoms with Gasteiger partial charge in [0.1, 0.15) is 5.82 Å². The number of rotatable bonds is 4. The molecule has 3 nitrogen and oxygen atoms in total. The molecule has 3 heteroatoms. The summed E-state index contributed by atoms with van der Waals surface area (Å²) in [5, 5.41) is 7.95. The summed E-state index contributed by atoms with van der Waals surface area (Å²) < 4.78 is 1.86. The number of aryl methyl sites for hydroxylation is 1. The Morgan fingerprint density at radius 2 is 2.00 bits per heavy atom. The lowest BCUT2D eigenvalue weighted by atomic mass is 9.69. The smallest absolute Gasteiger partial charge is 0.148 e. The van der Waals surface area contributed by atoms with E-state index in [9.17, 15) is 0 Å². The van der Waals surface area contributed by atoms with Crippen LogP contribution in [0, 0.1) is 11.3 Å². The molecule has 1 aliphatic rings. The van der Waals surface area contributed by atoms with Crippen LogP contribution in [0.2, 0.25) is 0 Å². The van der Waals surface area contributed by atoms with Crippen LogP contribution in [0.4, 0.5) is 5.82 Å². The van der Waals surface area contributed by atoms with Crippen molar-refractivity contribution in [3.8, 4) is 0 Å². The van der Waals surface area contributed by atoms with Crippen LogP contribution in [0.1, 0.15) is 52.9 Å². The van der Waals surface area contributed by atoms with Gasteiger partial charge in [-0.15, -0.1) is 0 Å². The van der Waals surface area contributed by atoms with Gasteiger partial charge in [0.05, 0.1) is 0 Å². The fourth-order valence-electron chi connectivity index (χ4n) is 3.01. The van der Waals surface area contributed by atoms with Gasteiger partial charge in [0.25, 0.3) is 0 Å². The summed E-state index contributed by atoms with van der Waals surface area (Å²) in [6.07, 6.45) is 8.55. The minimum Gasteiger partial charge on any atom is -0.366 e. The van der Waals surface area contributed by atoms with E-state index in [1.807, 2.05) is 17.9 Å². The average Bonchev–Trinajstić information content (AvgIpc) is 2.75. The van der Waals surface area contributed by atoms with Gasteiger partial charge in [0.15, 0.2) is 0 Å². The highest BCUT2D eigenvalue weighted by molar-refractivity contribution is 5.33. The summed E-state index contributed by atoms with van der Waals surface area (Å²) in [5.74, 6) is 1.92. The highest BCUT2D eigenvalue weighted by atomic mass is 15.3. The van der Waals surface area contributed by atoms with Gasteiger partial charge in [-0.2, -0.15) is 5.10 Å². The molecule has 1 saturated carbocycles. The Labute approximate surface area is 111 Å². The number of hydrogen-bond acceptors (Lipinski definition) is 2. The molecule has 0 aliphatic heterocycles. The van der Waals surface area contributed by atoms with E-state index >= 15 is 0 Å². The molecule has 1 aromatic rings. The van der Waals surface area contributed by atoms with E-state index < -0.39 is 0 Å². The SMILES string of the molecule is CCC(C)(C)C1CCC(Nc2ccn(C)n2)CC1. The summed E-state index contributed by atoms with van der Waals surface area (Å²) in [5.41, 5.74) is 0.510. The molecule has 1 fully saturated rings. The molecule has 0 saturated heterocycles. The minimum atomic E-state index is 0.510. The van der Waals surface area contributed by atoms with Crippen molar-refractivity contribution in [1.29, 1.82) is 0 Å². The van der Waals surface area contributed by atoms with Crippen LogP contribution < -0.4 is 5.32 Å². The average molecular weight is 249 g/mol. The van der Waals surface area contributed by atoms with Crippen molar-refractivity contribution in [2.24, 2.45) is 18.4 Å². The van der Waals surface area contributed by atoms with E-state index in [2.05, 4.69) is 37.3 Å². The van der Waals surface area contributed by atoms with Gasteiger partial charge in [-0.05, 0) is 37.0 Å². The molecule has 0 amide bonds. The van der Waals surface area contributed by atoms with Crippen LogP contribution >= 0.6 is 0 Å². The zero-order valence-electron chi connectivity index (χ0n) is 12.2. The lowest BCUT2D eigenvalue weighted by Crippen LogP contribution is -2.32. The van der Waals surface area contributed by atoms with Gasteiger partial charge in [-0.25, -0.2) is 0 Å². The minimum absolute atomic E-state index is 0.510. The molecule has 102 valence electrons. The highest BCUT2D eigenvalue weighted by Gasteiger charge is 2.31. The first kappa shape index (κ1) is 13.4. The van der Waals surface area contributed by atoms with E-state index in [0.29, 0.717) is 11.5 Å². The molecular formula is C15H27N3. The van der Waals surface area contributed by atoms with Gasteiger partial charge in [-0.3, -0.25) is 4.68 Å². The largest absolute Gasteiger partial charge is 0.366 e. The van der Waals surface area contributed by atoms with Crippen molar-refractivity contribution in [1.82, 2.24) is 9.78 Å². The van der Waals surface area contributed by atoms with Crippen molar-refractivity contribution >= 4 is 5.82 Å². The molecule has 1 aromatic heterocycles. The van der Waals surface area contributed by atoms with E-state index in [-0.39, 0.29) is 0 Å². The molecule has 1 aliphatic carbocycles. The van der Waals surface area contributed by atoms with Crippen LogP contribution in [-0.4, -0.2) is 15.8 Å². The third-order valence-corrected chi connectivity index (χ3v) is 4.81. The molecule has 0 radical (unpaired) electrons. The Balaban J connectivity index is 1.83. The second-order valence-electron chi connectivity index (χ2n) is 6.41. The zero-order chi connectivity index (χ0) is 13.2. The van der Waals surface area contributed by atoms with Crippen LogP contribution in [0.5, 0.6) is 0 Å². The van der Waals surface area contributed by atoms with Gasteiger partial charge in [0, 0.05) is 25.4 Å². The molecule has 18 heavy (non-hydrogen) atoms. The Hall–Kier alpha value is -0.990. The van der Waals surface area contributed by atoms with E-state index in [1.54, 1.807) is 0 Å². The maximum Gasteiger partial charge on any atom is 0.148 e. The quantitative estimate of drug-likeness (QED) is 0.879. The monoisotopic (exact) mass is 249 g/mol. The van der Waals surface area contributed by atoms with Crippen molar-refractivity contribution in [2.45, 2.75) is 58.9 Å². The van der Waals surface area contributed by atoms with Crippen LogP contribution in [0.25, 0.3) is 0 Å². The Morgan fingerprint density at radius 1 is 1.33 bits per heavy atom. The summed E-state index contributed by atoms with van der Waals surface area (Å²) in [7, 11) is 1.96. The molecule has 1 N–H and O–H groups in total. The van der Waals surface area contributed by atoms with Crippen LogP contribution in [0.3, 0.4) is 0 Å². The molecule has 0 bridgehead atoms. The van der Waals surface area contributed by atoms with Crippen LogP contribution in [0.15, 0.2) is 12.3 Å². The lowest BCUT2D eigenvalue weighted by molar-refractivity contribution is 0.147.